The molecule has 0 bridgehead atoms. The fourth-order valence-electron chi connectivity index (χ4n) is 1.79. The van der Waals surface area contributed by atoms with Gasteiger partial charge in [0, 0.05) is 0 Å². The maximum absolute atomic E-state index is 9.34. The Morgan fingerprint density at radius 2 is 2.09 bits per heavy atom. The molecule has 1 saturated carbocycles. The molecule has 0 heterocycles. The molecule has 1 unspecified atom stereocenters. The van der Waals surface area contributed by atoms with Gasteiger partial charge in [-0.1, -0.05) is 31.6 Å². The van der Waals surface area contributed by atoms with E-state index in [1.165, 1.54) is 25.7 Å². The molecule has 0 aromatic heterocycles. The van der Waals surface area contributed by atoms with Crippen LogP contribution < -0.4 is 0 Å². The predicted molar refractivity (Wildman–Crippen MR) is 46.0 cm³/mol. The van der Waals surface area contributed by atoms with Crippen LogP contribution in [0.5, 0.6) is 0 Å². The van der Waals surface area contributed by atoms with E-state index in [0.29, 0.717) is 0 Å². The van der Waals surface area contributed by atoms with Gasteiger partial charge in [-0.15, -0.1) is 5.92 Å². The maximum atomic E-state index is 9.34. The lowest BCUT2D eigenvalue weighted by molar-refractivity contribution is 0.196. The van der Waals surface area contributed by atoms with Gasteiger partial charge >= 0.3 is 0 Å². The molecule has 1 atom stereocenters. The van der Waals surface area contributed by atoms with Crippen molar-refractivity contribution in [3.63, 3.8) is 0 Å². The number of hydrogen-bond donors (Lipinski definition) is 1. The average Bonchev–Trinajstić information content (AvgIpc) is 2.40. The SMILES string of the molecule is CC#CC(O)CC1CCCC1. The van der Waals surface area contributed by atoms with Crippen LogP contribution in [-0.4, -0.2) is 11.2 Å². The van der Waals surface area contributed by atoms with E-state index in [9.17, 15) is 5.11 Å². The second-order valence-electron chi connectivity index (χ2n) is 3.30. The van der Waals surface area contributed by atoms with E-state index in [1.54, 1.807) is 6.92 Å². The maximum Gasteiger partial charge on any atom is 0.115 e. The molecule has 0 saturated heterocycles. The van der Waals surface area contributed by atoms with Gasteiger partial charge in [0.15, 0.2) is 0 Å². The van der Waals surface area contributed by atoms with Gasteiger partial charge in [-0.2, -0.15) is 0 Å². The molecule has 1 aliphatic carbocycles. The van der Waals surface area contributed by atoms with Crippen LogP contribution in [0, 0.1) is 17.8 Å². The predicted octanol–water partition coefficient (Wildman–Crippen LogP) is 1.95. The summed E-state index contributed by atoms with van der Waals surface area (Å²) in [6.07, 6.45) is 5.79. The molecule has 1 fully saturated rings. The van der Waals surface area contributed by atoms with Crippen LogP contribution in [0.15, 0.2) is 0 Å². The third-order valence-corrected chi connectivity index (χ3v) is 2.34. The molecular formula is C10H16O. The summed E-state index contributed by atoms with van der Waals surface area (Å²) < 4.78 is 0. The molecule has 0 radical (unpaired) electrons. The summed E-state index contributed by atoms with van der Waals surface area (Å²) in [7, 11) is 0. The van der Waals surface area contributed by atoms with Gasteiger partial charge in [0.25, 0.3) is 0 Å². The summed E-state index contributed by atoms with van der Waals surface area (Å²) in [5.41, 5.74) is 0. The van der Waals surface area contributed by atoms with Crippen molar-refractivity contribution < 1.29 is 5.11 Å². The topological polar surface area (TPSA) is 20.2 Å². The highest BCUT2D eigenvalue weighted by Crippen LogP contribution is 2.28. The van der Waals surface area contributed by atoms with Crippen LogP contribution in [0.1, 0.15) is 39.0 Å². The second kappa shape index (κ2) is 4.41. The van der Waals surface area contributed by atoms with Crippen molar-refractivity contribution in [2.24, 2.45) is 5.92 Å². The second-order valence-corrected chi connectivity index (χ2v) is 3.30. The first kappa shape index (κ1) is 8.62. The van der Waals surface area contributed by atoms with E-state index >= 15 is 0 Å². The highest BCUT2D eigenvalue weighted by molar-refractivity contribution is 5.02. The van der Waals surface area contributed by atoms with Crippen molar-refractivity contribution in [3.8, 4) is 11.8 Å². The van der Waals surface area contributed by atoms with Gasteiger partial charge < -0.3 is 5.11 Å². The first-order valence-corrected chi connectivity index (χ1v) is 4.43. The Morgan fingerprint density at radius 3 is 2.64 bits per heavy atom. The minimum atomic E-state index is -0.372. The van der Waals surface area contributed by atoms with E-state index in [2.05, 4.69) is 11.8 Å². The van der Waals surface area contributed by atoms with Crippen molar-refractivity contribution in [2.45, 2.75) is 45.1 Å². The summed E-state index contributed by atoms with van der Waals surface area (Å²) in [6.45, 7) is 1.78. The van der Waals surface area contributed by atoms with Crippen molar-refractivity contribution in [1.29, 1.82) is 0 Å². The molecule has 1 N–H and O–H groups in total. The number of aliphatic hydroxyl groups excluding tert-OH is 1. The third-order valence-electron chi connectivity index (χ3n) is 2.34. The zero-order valence-corrected chi connectivity index (χ0v) is 7.14. The molecule has 1 rings (SSSR count). The number of hydrogen-bond acceptors (Lipinski definition) is 1. The smallest absolute Gasteiger partial charge is 0.115 e. The average molecular weight is 152 g/mol. The Labute approximate surface area is 68.8 Å². The highest BCUT2D eigenvalue weighted by atomic mass is 16.3. The van der Waals surface area contributed by atoms with E-state index in [-0.39, 0.29) is 6.10 Å². The normalized spacial score (nSPS) is 20.9. The minimum Gasteiger partial charge on any atom is -0.380 e. The van der Waals surface area contributed by atoms with Crippen LogP contribution in [-0.2, 0) is 0 Å². The first-order valence-electron chi connectivity index (χ1n) is 4.43. The van der Waals surface area contributed by atoms with Gasteiger partial charge in [-0.3, -0.25) is 0 Å². The molecule has 0 amide bonds. The first-order chi connectivity index (χ1) is 5.33. The van der Waals surface area contributed by atoms with E-state index in [1.807, 2.05) is 0 Å². The number of aliphatic hydroxyl groups is 1. The van der Waals surface area contributed by atoms with Gasteiger partial charge in [-0.25, -0.2) is 0 Å². The Morgan fingerprint density at radius 1 is 1.45 bits per heavy atom. The van der Waals surface area contributed by atoms with Crippen molar-refractivity contribution in [1.82, 2.24) is 0 Å². The van der Waals surface area contributed by atoms with Gasteiger partial charge in [0.2, 0.25) is 0 Å². The molecule has 0 spiro atoms. The van der Waals surface area contributed by atoms with Gasteiger partial charge in [-0.05, 0) is 19.3 Å². The minimum absolute atomic E-state index is 0.372. The number of rotatable bonds is 2. The Hall–Kier alpha value is -0.480. The summed E-state index contributed by atoms with van der Waals surface area (Å²) in [5, 5.41) is 9.34. The standard InChI is InChI=1S/C10H16O/c1-2-5-10(11)8-9-6-3-4-7-9/h9-11H,3-4,6-8H2,1H3. The van der Waals surface area contributed by atoms with E-state index in [4.69, 9.17) is 0 Å². The monoisotopic (exact) mass is 152 g/mol. The van der Waals surface area contributed by atoms with Crippen LogP contribution in [0.3, 0.4) is 0 Å². The summed E-state index contributed by atoms with van der Waals surface area (Å²) >= 11 is 0. The fourth-order valence-corrected chi connectivity index (χ4v) is 1.79. The molecule has 1 nitrogen and oxygen atoms in total. The highest BCUT2D eigenvalue weighted by Gasteiger charge is 2.17. The summed E-state index contributed by atoms with van der Waals surface area (Å²) in [5.74, 6) is 6.26. The molecule has 0 aromatic carbocycles. The molecule has 1 aliphatic rings. The van der Waals surface area contributed by atoms with Crippen molar-refractivity contribution in [3.05, 3.63) is 0 Å². The molecule has 62 valence electrons. The van der Waals surface area contributed by atoms with Crippen LogP contribution in [0.2, 0.25) is 0 Å². The van der Waals surface area contributed by atoms with Gasteiger partial charge in [0.05, 0.1) is 0 Å². The van der Waals surface area contributed by atoms with Crippen LogP contribution in [0.4, 0.5) is 0 Å². The fraction of sp³-hybridized carbons (Fsp3) is 0.800. The lowest BCUT2D eigenvalue weighted by atomic mass is 10.0. The van der Waals surface area contributed by atoms with Crippen molar-refractivity contribution >= 4 is 0 Å². The Kier molecular flexibility index (Phi) is 3.45. The molecule has 1 heteroatoms. The van der Waals surface area contributed by atoms with Crippen molar-refractivity contribution in [2.75, 3.05) is 0 Å². The quantitative estimate of drug-likeness (QED) is 0.600. The zero-order chi connectivity index (χ0) is 8.10. The Balaban J connectivity index is 2.21. The molecular weight excluding hydrogens is 136 g/mol. The lowest BCUT2D eigenvalue weighted by Crippen LogP contribution is -2.08. The largest absolute Gasteiger partial charge is 0.380 e. The van der Waals surface area contributed by atoms with Crippen LogP contribution in [0.25, 0.3) is 0 Å². The lowest BCUT2D eigenvalue weighted by Gasteiger charge is -2.09. The Bertz CT molecular complexity index is 157. The summed E-state index contributed by atoms with van der Waals surface area (Å²) in [6, 6.07) is 0. The molecule has 0 aliphatic heterocycles. The van der Waals surface area contributed by atoms with E-state index in [0.717, 1.165) is 12.3 Å². The van der Waals surface area contributed by atoms with E-state index < -0.39 is 0 Å². The molecule has 0 aromatic rings. The third kappa shape index (κ3) is 2.95. The zero-order valence-electron chi connectivity index (χ0n) is 7.14. The van der Waals surface area contributed by atoms with Gasteiger partial charge in [0.1, 0.15) is 6.10 Å². The molecule has 11 heavy (non-hydrogen) atoms. The summed E-state index contributed by atoms with van der Waals surface area (Å²) in [4.78, 5) is 0. The van der Waals surface area contributed by atoms with Crippen LogP contribution >= 0.6 is 0 Å².